The molecule has 0 aliphatic heterocycles. The van der Waals surface area contributed by atoms with Gasteiger partial charge in [0.15, 0.2) is 0 Å². The maximum atomic E-state index is 7.89. The molecule has 90 valence electrons. The first-order valence-corrected chi connectivity index (χ1v) is 14.2. The van der Waals surface area contributed by atoms with Crippen LogP contribution in [0.15, 0.2) is 0 Å². The Morgan fingerprint density at radius 1 is 0.933 bits per heavy atom. The molecule has 0 saturated heterocycles. The van der Waals surface area contributed by atoms with E-state index in [0.717, 1.165) is 0 Å². The van der Waals surface area contributed by atoms with Crippen LogP contribution in [0.5, 0.6) is 0 Å². The Balaban J connectivity index is 4.52. The third-order valence-electron chi connectivity index (χ3n) is 3.29. The number of hydrogen-bond acceptors (Lipinski definition) is 1. The van der Waals surface area contributed by atoms with Gasteiger partial charge in [-0.15, -0.1) is 0 Å². The predicted octanol–water partition coefficient (Wildman–Crippen LogP) is 5.02. The van der Waals surface area contributed by atoms with Crippen molar-refractivity contribution in [2.45, 2.75) is 72.6 Å². The first-order valence-electron chi connectivity index (χ1n) is 7.18. The fourth-order valence-corrected chi connectivity index (χ4v) is 14.1. The molecular formula is C13H29NSn. The van der Waals surface area contributed by atoms with Crippen LogP contribution in [-0.2, 0) is 0 Å². The topological polar surface area (TPSA) is 23.9 Å². The quantitative estimate of drug-likeness (QED) is 0.431. The molecule has 0 atom stereocenters. The Kier molecular flexibility index (Phi) is 8.73. The molecule has 0 heterocycles. The summed E-state index contributed by atoms with van der Waals surface area (Å²) in [5.74, 6) is 0. The van der Waals surface area contributed by atoms with Crippen LogP contribution in [0.1, 0.15) is 60.7 Å². The molecule has 0 spiro atoms. The number of nitrogens with one attached hydrogen (secondary N) is 1. The Labute approximate surface area is 102 Å². The van der Waals surface area contributed by atoms with E-state index in [1.807, 2.05) is 0 Å². The second kappa shape index (κ2) is 9.68. The van der Waals surface area contributed by atoms with Gasteiger partial charge < -0.3 is 0 Å². The Hall–Kier alpha value is 0.469. The van der Waals surface area contributed by atoms with Gasteiger partial charge in [0.1, 0.15) is 0 Å². The van der Waals surface area contributed by atoms with Gasteiger partial charge >= 0.3 is 102 Å². The number of rotatable bonds is 10. The van der Waals surface area contributed by atoms with Crippen molar-refractivity contribution in [1.29, 1.82) is 5.41 Å². The zero-order valence-electron chi connectivity index (χ0n) is 11.9. The fraction of sp³-hybridized carbons (Fsp3) is 0.923. The van der Waals surface area contributed by atoms with Gasteiger partial charge in [0.05, 0.1) is 0 Å². The normalized spacial score (nSPS) is 12.6. The Bertz CT molecular complexity index is 173. The van der Waals surface area contributed by atoms with Crippen LogP contribution in [0, 0.1) is 5.41 Å². The van der Waals surface area contributed by atoms with Crippen LogP contribution in [0.3, 0.4) is 0 Å². The number of hydrogen-bond donors (Lipinski definition) is 1. The zero-order valence-corrected chi connectivity index (χ0v) is 13.7. The van der Waals surface area contributed by atoms with Crippen LogP contribution in [0.4, 0.5) is 0 Å². The van der Waals surface area contributed by atoms with Crippen molar-refractivity contribution in [3.63, 3.8) is 0 Å². The summed E-state index contributed by atoms with van der Waals surface area (Å²) in [7, 11) is 0. The monoisotopic (exact) mass is 321 g/mol. The van der Waals surface area contributed by atoms with Crippen LogP contribution >= 0.6 is 0 Å². The molecule has 0 amide bonds. The van der Waals surface area contributed by atoms with Crippen LogP contribution in [-0.4, -0.2) is 22.6 Å². The molecule has 0 aromatic carbocycles. The van der Waals surface area contributed by atoms with Gasteiger partial charge in [-0.3, -0.25) is 0 Å². The predicted molar refractivity (Wildman–Crippen MR) is 73.7 cm³/mol. The molecule has 0 unspecified atom stereocenters. The van der Waals surface area contributed by atoms with E-state index in [2.05, 4.69) is 20.8 Å². The molecule has 0 radical (unpaired) electrons. The second-order valence-corrected chi connectivity index (χ2v) is 17.0. The summed E-state index contributed by atoms with van der Waals surface area (Å²) in [5.41, 5.74) is 0. The van der Waals surface area contributed by atoms with Gasteiger partial charge in [-0.25, -0.2) is 0 Å². The molecule has 0 saturated carbocycles. The molecule has 0 aromatic heterocycles. The summed E-state index contributed by atoms with van der Waals surface area (Å²) >= 11 is -2.50. The van der Waals surface area contributed by atoms with E-state index in [1.54, 1.807) is 0 Å². The van der Waals surface area contributed by atoms with E-state index in [1.165, 1.54) is 51.8 Å². The molecule has 0 aromatic rings. The summed E-state index contributed by atoms with van der Waals surface area (Å²) < 4.78 is 12.1. The molecule has 0 bridgehead atoms. The van der Waals surface area contributed by atoms with Crippen molar-refractivity contribution in [2.24, 2.45) is 0 Å². The first kappa shape index (κ1) is 13.5. The van der Waals surface area contributed by atoms with Gasteiger partial charge in [0.25, 0.3) is 0 Å². The van der Waals surface area contributed by atoms with Crippen LogP contribution in [0.25, 0.3) is 0 Å². The summed E-state index contributed by atoms with van der Waals surface area (Å²) in [6, 6.07) is 0. The molecule has 0 fully saturated rings. The van der Waals surface area contributed by atoms with Gasteiger partial charge in [0.2, 0.25) is 0 Å². The van der Waals surface area contributed by atoms with E-state index >= 15 is 0 Å². The molecule has 0 aliphatic rings. The van der Waals surface area contributed by atoms with E-state index in [-0.39, 0.29) is 0 Å². The average molecular weight is 320 g/mol. The van der Waals surface area contributed by atoms with Crippen molar-refractivity contribution in [3.8, 4) is 0 Å². The molecular weight excluding hydrogens is 289 g/mol. The Morgan fingerprint density at radius 2 is 1.27 bits per heavy atom. The summed E-state index contributed by atoms with van der Waals surface area (Å²) in [6.45, 7) is 6.68. The van der Waals surface area contributed by atoms with E-state index in [0.29, 0.717) is 4.21 Å². The molecule has 1 N–H and O–H groups in total. The molecule has 2 heteroatoms. The Morgan fingerprint density at radius 3 is 1.47 bits per heavy atom. The van der Waals surface area contributed by atoms with E-state index in [4.69, 9.17) is 6.78 Å². The fourth-order valence-electron chi connectivity index (χ4n) is 2.11. The zero-order chi connectivity index (χ0) is 12.4. The van der Waals surface area contributed by atoms with Gasteiger partial charge in [-0.2, -0.15) is 0 Å². The van der Waals surface area contributed by atoms with Gasteiger partial charge in [0, 0.05) is 0 Å². The SMILES string of the molecule is [3H][C](=N)[Sn]([CH2]CCC)([CH2]CCC)[CH2]CCC. The van der Waals surface area contributed by atoms with Crippen molar-refractivity contribution in [2.75, 3.05) is 0 Å². The van der Waals surface area contributed by atoms with Crippen LogP contribution < -0.4 is 0 Å². The molecule has 15 heavy (non-hydrogen) atoms. The summed E-state index contributed by atoms with van der Waals surface area (Å²) in [4.78, 5) is 0. The third kappa shape index (κ3) is 6.59. The average Bonchev–Trinajstić information content (AvgIpc) is 2.28. The maximum absolute atomic E-state index is 7.89. The van der Waals surface area contributed by atoms with Crippen molar-refractivity contribution >= 4 is 22.6 Å². The van der Waals surface area contributed by atoms with E-state index < -0.39 is 18.4 Å². The first-order chi connectivity index (χ1) is 7.63. The van der Waals surface area contributed by atoms with Crippen LogP contribution in [0.2, 0.25) is 13.3 Å². The summed E-state index contributed by atoms with van der Waals surface area (Å²) in [6.07, 6.45) is 7.44. The van der Waals surface area contributed by atoms with Crippen molar-refractivity contribution < 1.29 is 1.37 Å². The minimum absolute atomic E-state index is 0.393. The third-order valence-corrected chi connectivity index (χ3v) is 16.0. The summed E-state index contributed by atoms with van der Waals surface area (Å²) in [5, 5.41) is 7.89. The molecule has 0 rings (SSSR count). The van der Waals surface area contributed by atoms with E-state index in [9.17, 15) is 0 Å². The molecule has 0 aliphatic carbocycles. The van der Waals surface area contributed by atoms with Gasteiger partial charge in [-0.05, 0) is 0 Å². The molecule has 1 nitrogen and oxygen atoms in total. The van der Waals surface area contributed by atoms with Gasteiger partial charge in [-0.1, -0.05) is 0 Å². The van der Waals surface area contributed by atoms with Crippen molar-refractivity contribution in [1.82, 2.24) is 0 Å². The number of unbranched alkanes of at least 4 members (excludes halogenated alkanes) is 3. The standard InChI is InChI=1S/3C4H9.CH2N.Sn/c3*1-3-4-2;1-2;/h3*1,3-4H2,2H3;1-2H;/i;;;1T;. The van der Waals surface area contributed by atoms with Crippen molar-refractivity contribution in [3.05, 3.63) is 0 Å². The second-order valence-electron chi connectivity index (χ2n) is 4.72. The minimum atomic E-state index is -2.50.